The van der Waals surface area contributed by atoms with Gasteiger partial charge in [-0.3, -0.25) is 0 Å². The topological polar surface area (TPSA) is 70.0 Å². The van der Waals surface area contributed by atoms with Crippen LogP contribution in [0.15, 0.2) is 24.3 Å². The maximum absolute atomic E-state index is 11.6. The number of carboxylic acid groups (broad SMARTS) is 1. The Morgan fingerprint density at radius 2 is 1.91 bits per heavy atom. The molecule has 0 unspecified atom stereocenters. The van der Waals surface area contributed by atoms with Crippen LogP contribution in [0.4, 0.5) is 4.79 Å². The predicted octanol–water partition coefficient (Wildman–Crippen LogP) is 2.81. The number of nitrogens with zero attached hydrogens (tertiary/aromatic N) is 1. The van der Waals surface area contributed by atoms with Gasteiger partial charge in [0.05, 0.1) is 12.6 Å². The SMILES string of the molecule is COC[C@H](CC(C)C)N(CCc1cccc(CCO)c1)C(=O)O. The van der Waals surface area contributed by atoms with Gasteiger partial charge < -0.3 is 19.8 Å². The quantitative estimate of drug-likeness (QED) is 0.694. The van der Waals surface area contributed by atoms with E-state index in [4.69, 9.17) is 9.84 Å². The number of aliphatic hydroxyl groups excluding tert-OH is 1. The van der Waals surface area contributed by atoms with Crippen molar-refractivity contribution in [3.63, 3.8) is 0 Å². The normalized spacial score (nSPS) is 12.4. The molecule has 0 heterocycles. The van der Waals surface area contributed by atoms with Crippen LogP contribution in [-0.2, 0) is 17.6 Å². The second-order valence-electron chi connectivity index (χ2n) is 6.26. The van der Waals surface area contributed by atoms with E-state index < -0.39 is 6.09 Å². The molecule has 0 saturated carbocycles. The van der Waals surface area contributed by atoms with Gasteiger partial charge in [0, 0.05) is 20.3 Å². The van der Waals surface area contributed by atoms with Crippen molar-refractivity contribution in [3.05, 3.63) is 35.4 Å². The number of rotatable bonds is 10. The lowest BCUT2D eigenvalue weighted by Gasteiger charge is -2.30. The van der Waals surface area contributed by atoms with Crippen LogP contribution in [0.3, 0.4) is 0 Å². The number of hydrogen-bond acceptors (Lipinski definition) is 3. The zero-order valence-electron chi connectivity index (χ0n) is 14.4. The number of methoxy groups -OCH3 is 1. The van der Waals surface area contributed by atoms with Crippen molar-refractivity contribution in [2.75, 3.05) is 26.9 Å². The number of amides is 1. The van der Waals surface area contributed by atoms with Crippen LogP contribution >= 0.6 is 0 Å². The lowest BCUT2D eigenvalue weighted by Crippen LogP contribution is -2.44. The number of carbonyl (C=O) groups is 1. The minimum Gasteiger partial charge on any atom is -0.465 e. The lowest BCUT2D eigenvalue weighted by atomic mass is 10.0. The molecule has 5 nitrogen and oxygen atoms in total. The third-order valence-electron chi connectivity index (χ3n) is 3.82. The van der Waals surface area contributed by atoms with E-state index in [0.717, 1.165) is 17.5 Å². The average molecular weight is 323 g/mol. The van der Waals surface area contributed by atoms with Crippen molar-refractivity contribution < 1.29 is 19.7 Å². The summed E-state index contributed by atoms with van der Waals surface area (Å²) in [5.74, 6) is 0.407. The third-order valence-corrected chi connectivity index (χ3v) is 3.82. The molecule has 1 atom stereocenters. The first-order valence-electron chi connectivity index (χ1n) is 8.15. The molecule has 2 N–H and O–H groups in total. The van der Waals surface area contributed by atoms with Gasteiger partial charge in [-0.25, -0.2) is 4.79 Å². The summed E-state index contributed by atoms with van der Waals surface area (Å²) < 4.78 is 5.21. The first-order valence-corrected chi connectivity index (χ1v) is 8.15. The molecule has 0 fully saturated rings. The van der Waals surface area contributed by atoms with Crippen LogP contribution < -0.4 is 0 Å². The maximum Gasteiger partial charge on any atom is 0.407 e. The number of ether oxygens (including phenoxy) is 1. The van der Waals surface area contributed by atoms with E-state index in [1.165, 1.54) is 4.90 Å². The molecule has 0 aliphatic rings. The van der Waals surface area contributed by atoms with Gasteiger partial charge in [0.1, 0.15) is 0 Å². The summed E-state index contributed by atoms with van der Waals surface area (Å²) in [4.78, 5) is 13.1. The molecule has 1 aromatic carbocycles. The van der Waals surface area contributed by atoms with Crippen molar-refractivity contribution in [3.8, 4) is 0 Å². The van der Waals surface area contributed by atoms with Crippen molar-refractivity contribution >= 4 is 6.09 Å². The molecule has 0 spiro atoms. The first kappa shape index (κ1) is 19.5. The van der Waals surface area contributed by atoms with Gasteiger partial charge in [-0.05, 0) is 36.3 Å². The standard InChI is InChI=1S/C18H29NO4/c1-14(2)11-17(13-23-3)19(18(21)22)9-7-15-5-4-6-16(12-15)8-10-20/h4-6,12,14,17,20H,7-11,13H2,1-3H3,(H,21,22)/t17-/m0/s1. The molecule has 1 amide bonds. The van der Waals surface area contributed by atoms with Crippen LogP contribution in [0.2, 0.25) is 0 Å². The average Bonchev–Trinajstić information content (AvgIpc) is 2.47. The van der Waals surface area contributed by atoms with Crippen molar-refractivity contribution in [2.45, 2.75) is 39.2 Å². The molecule has 0 aliphatic carbocycles. The van der Waals surface area contributed by atoms with Gasteiger partial charge in [-0.2, -0.15) is 0 Å². The smallest absolute Gasteiger partial charge is 0.407 e. The molecule has 0 aromatic heterocycles. The predicted molar refractivity (Wildman–Crippen MR) is 90.8 cm³/mol. The number of hydrogen-bond donors (Lipinski definition) is 2. The molecular formula is C18H29NO4. The van der Waals surface area contributed by atoms with E-state index in [0.29, 0.717) is 31.9 Å². The zero-order chi connectivity index (χ0) is 17.2. The third kappa shape index (κ3) is 7.01. The lowest BCUT2D eigenvalue weighted by molar-refractivity contribution is 0.0713. The first-order chi connectivity index (χ1) is 11.0. The minimum absolute atomic E-state index is 0.120. The number of benzene rings is 1. The molecule has 5 heteroatoms. The summed E-state index contributed by atoms with van der Waals surface area (Å²) >= 11 is 0. The van der Waals surface area contributed by atoms with Crippen molar-refractivity contribution in [1.82, 2.24) is 4.90 Å². The summed E-state index contributed by atoms with van der Waals surface area (Å²) in [6, 6.07) is 7.82. The zero-order valence-corrected chi connectivity index (χ0v) is 14.4. The van der Waals surface area contributed by atoms with E-state index in [2.05, 4.69) is 13.8 Å². The minimum atomic E-state index is -0.904. The number of aliphatic hydroxyl groups is 1. The Kier molecular flexibility index (Phi) is 8.66. The largest absolute Gasteiger partial charge is 0.465 e. The Bertz CT molecular complexity index is 476. The van der Waals surface area contributed by atoms with Gasteiger partial charge in [-0.15, -0.1) is 0 Å². The molecule has 130 valence electrons. The fourth-order valence-corrected chi connectivity index (χ4v) is 2.78. The van der Waals surface area contributed by atoms with Crippen LogP contribution in [0.1, 0.15) is 31.4 Å². The molecular weight excluding hydrogens is 294 g/mol. The van der Waals surface area contributed by atoms with Gasteiger partial charge in [0.2, 0.25) is 0 Å². The highest BCUT2D eigenvalue weighted by Gasteiger charge is 2.23. The second kappa shape index (κ2) is 10.2. The summed E-state index contributed by atoms with van der Waals surface area (Å²) in [6.07, 6.45) is 1.16. The van der Waals surface area contributed by atoms with Crippen LogP contribution in [-0.4, -0.2) is 54.1 Å². The van der Waals surface area contributed by atoms with Crippen molar-refractivity contribution in [2.24, 2.45) is 5.92 Å². The summed E-state index contributed by atoms with van der Waals surface area (Å²) in [5, 5.41) is 18.6. The Balaban J connectivity index is 2.74. The molecule has 0 radical (unpaired) electrons. The molecule has 23 heavy (non-hydrogen) atoms. The second-order valence-corrected chi connectivity index (χ2v) is 6.26. The van der Waals surface area contributed by atoms with Crippen LogP contribution in [0.5, 0.6) is 0 Å². The molecule has 1 rings (SSSR count). The summed E-state index contributed by atoms with van der Waals surface area (Å²) in [7, 11) is 1.60. The van der Waals surface area contributed by atoms with Crippen LogP contribution in [0.25, 0.3) is 0 Å². The van der Waals surface area contributed by atoms with Crippen molar-refractivity contribution in [1.29, 1.82) is 0 Å². The molecule has 1 aromatic rings. The Morgan fingerprint density at radius 3 is 2.43 bits per heavy atom. The van der Waals surface area contributed by atoms with Gasteiger partial charge >= 0.3 is 6.09 Å². The fraction of sp³-hybridized carbons (Fsp3) is 0.611. The monoisotopic (exact) mass is 323 g/mol. The molecule has 0 bridgehead atoms. The highest BCUT2D eigenvalue weighted by Crippen LogP contribution is 2.14. The van der Waals surface area contributed by atoms with E-state index in [-0.39, 0.29) is 12.6 Å². The highest BCUT2D eigenvalue weighted by molar-refractivity contribution is 5.65. The molecule has 0 saturated heterocycles. The van der Waals surface area contributed by atoms with E-state index in [9.17, 15) is 9.90 Å². The Labute approximate surface area is 138 Å². The fourth-order valence-electron chi connectivity index (χ4n) is 2.78. The van der Waals surface area contributed by atoms with Gasteiger partial charge in [0.15, 0.2) is 0 Å². The van der Waals surface area contributed by atoms with E-state index in [1.54, 1.807) is 7.11 Å². The summed E-state index contributed by atoms with van der Waals surface area (Å²) in [6.45, 7) is 5.14. The Hall–Kier alpha value is -1.59. The summed E-state index contributed by atoms with van der Waals surface area (Å²) in [5.41, 5.74) is 2.16. The van der Waals surface area contributed by atoms with E-state index in [1.807, 2.05) is 24.3 Å². The van der Waals surface area contributed by atoms with Gasteiger partial charge in [0.25, 0.3) is 0 Å². The van der Waals surface area contributed by atoms with Gasteiger partial charge in [-0.1, -0.05) is 38.1 Å². The Morgan fingerprint density at radius 1 is 1.26 bits per heavy atom. The maximum atomic E-state index is 11.6. The van der Waals surface area contributed by atoms with E-state index >= 15 is 0 Å². The highest BCUT2D eigenvalue weighted by atomic mass is 16.5. The molecule has 0 aliphatic heterocycles. The van der Waals surface area contributed by atoms with Crippen LogP contribution in [0, 0.1) is 5.92 Å².